The number of rotatable bonds is 0. The van der Waals surface area contributed by atoms with Gasteiger partial charge in [0.25, 0.3) is 0 Å². The summed E-state index contributed by atoms with van der Waals surface area (Å²) >= 11 is 0. The van der Waals surface area contributed by atoms with Gasteiger partial charge in [-0.25, -0.2) is 0 Å². The van der Waals surface area contributed by atoms with Crippen molar-refractivity contribution in [2.45, 2.75) is 0 Å². The molecule has 0 saturated carbocycles. The van der Waals surface area contributed by atoms with E-state index in [1.165, 1.54) is 0 Å². The summed E-state index contributed by atoms with van der Waals surface area (Å²) in [6.07, 6.45) is 0. The van der Waals surface area contributed by atoms with Crippen LogP contribution in [0.3, 0.4) is 0 Å². The molecule has 0 aromatic carbocycles. The zero-order chi connectivity index (χ0) is 0. The van der Waals surface area contributed by atoms with E-state index in [9.17, 15) is 0 Å². The standard InChI is InChI=1S/Ir.Mn.2O/q;;2*-2. The van der Waals surface area contributed by atoms with Crippen LogP contribution >= 0.6 is 0 Å². The van der Waals surface area contributed by atoms with Gasteiger partial charge in [-0.15, -0.1) is 0 Å². The Balaban J connectivity index is 0. The Labute approximate surface area is 48.4 Å². The molecule has 0 aromatic heterocycles. The average molecular weight is 279 g/mol. The molecule has 0 aliphatic carbocycles. The van der Waals surface area contributed by atoms with Crippen molar-refractivity contribution in [3.05, 3.63) is 0 Å². The Hall–Kier alpha value is 1.09. The van der Waals surface area contributed by atoms with Crippen molar-refractivity contribution in [2.75, 3.05) is 0 Å². The molecule has 2 nitrogen and oxygen atoms in total. The van der Waals surface area contributed by atoms with Crippen LogP contribution in [0.4, 0.5) is 0 Å². The van der Waals surface area contributed by atoms with E-state index in [0.717, 1.165) is 0 Å². The van der Waals surface area contributed by atoms with Gasteiger partial charge in [0.1, 0.15) is 0 Å². The normalized spacial score (nSPS) is 0. The van der Waals surface area contributed by atoms with E-state index in [2.05, 4.69) is 0 Å². The molecule has 0 bridgehead atoms. The molecule has 0 aromatic rings. The maximum absolute atomic E-state index is 0. The minimum atomic E-state index is 0. The summed E-state index contributed by atoms with van der Waals surface area (Å²) in [4.78, 5) is 0. The molecule has 0 fully saturated rings. The molecule has 2 radical (unpaired) electrons. The fraction of sp³-hybridized carbons (Fsp3) is 0. The summed E-state index contributed by atoms with van der Waals surface area (Å²) in [5.41, 5.74) is 0. The monoisotopic (exact) mass is 280 g/mol. The van der Waals surface area contributed by atoms with Gasteiger partial charge < -0.3 is 11.0 Å². The third-order valence-electron chi connectivity index (χ3n) is 0. The molecule has 0 N–H and O–H groups in total. The van der Waals surface area contributed by atoms with Crippen LogP contribution in [0, 0.1) is 0 Å². The van der Waals surface area contributed by atoms with Gasteiger partial charge in [0.15, 0.2) is 0 Å². The van der Waals surface area contributed by atoms with Gasteiger partial charge in [-0.2, -0.15) is 0 Å². The van der Waals surface area contributed by atoms with Gasteiger partial charge in [0.05, 0.1) is 0 Å². The molecule has 0 spiro atoms. The maximum Gasteiger partial charge on any atom is 0 e. The van der Waals surface area contributed by atoms with Crippen molar-refractivity contribution in [1.82, 2.24) is 0 Å². The summed E-state index contributed by atoms with van der Waals surface area (Å²) in [6, 6.07) is 0. The van der Waals surface area contributed by atoms with Gasteiger partial charge in [0.2, 0.25) is 0 Å². The first-order valence-corrected chi connectivity index (χ1v) is 0. The summed E-state index contributed by atoms with van der Waals surface area (Å²) in [7, 11) is 0. The van der Waals surface area contributed by atoms with Crippen LogP contribution in [0.2, 0.25) is 0 Å². The van der Waals surface area contributed by atoms with Crippen LogP contribution < -0.4 is 0 Å². The van der Waals surface area contributed by atoms with Gasteiger partial charge >= 0.3 is 0 Å². The molecule has 32 valence electrons. The van der Waals surface area contributed by atoms with Crippen molar-refractivity contribution in [1.29, 1.82) is 0 Å². The topological polar surface area (TPSA) is 57.0 Å². The average Bonchev–Trinajstić information content (AvgIpc) is 0. The molecule has 4 heavy (non-hydrogen) atoms. The molecule has 0 heterocycles. The molecule has 0 amide bonds. The molecule has 0 unspecified atom stereocenters. The predicted molar refractivity (Wildman–Crippen MR) is 1.37 cm³/mol. The van der Waals surface area contributed by atoms with E-state index in [1.807, 2.05) is 0 Å². The maximum atomic E-state index is 0. The second-order valence-electron chi connectivity index (χ2n) is 0. The van der Waals surface area contributed by atoms with Crippen LogP contribution in [-0.4, -0.2) is 0 Å². The number of hydrogen-bond donors (Lipinski definition) is 0. The second-order valence-corrected chi connectivity index (χ2v) is 0. The van der Waals surface area contributed by atoms with Crippen molar-refractivity contribution in [3.8, 4) is 0 Å². The van der Waals surface area contributed by atoms with Gasteiger partial charge in [-0.3, -0.25) is 0 Å². The second kappa shape index (κ2) is 32.9. The van der Waals surface area contributed by atoms with E-state index in [1.54, 1.807) is 0 Å². The quantitative estimate of drug-likeness (QED) is 0.549. The molecule has 0 rings (SSSR count). The van der Waals surface area contributed by atoms with E-state index < -0.39 is 0 Å². The fourth-order valence-electron chi connectivity index (χ4n) is 0. The first-order chi connectivity index (χ1) is 0. The van der Waals surface area contributed by atoms with Gasteiger partial charge in [0, 0.05) is 37.2 Å². The smallest absolute Gasteiger partial charge is 0 e. The van der Waals surface area contributed by atoms with Crippen LogP contribution in [0.15, 0.2) is 0 Å². The molecule has 0 atom stereocenters. The molecule has 0 saturated heterocycles. The first kappa shape index (κ1) is 71.8. The summed E-state index contributed by atoms with van der Waals surface area (Å²) in [5, 5.41) is 0. The molecular formula is IrMnO2-4. The Morgan fingerprint density at radius 1 is 0.750 bits per heavy atom. The SMILES string of the molecule is [Ir].[Mn].[O-2].[O-2]. The van der Waals surface area contributed by atoms with Gasteiger partial charge in [-0.05, 0) is 0 Å². The summed E-state index contributed by atoms with van der Waals surface area (Å²) in [6.45, 7) is 0. The van der Waals surface area contributed by atoms with Crippen LogP contribution in [-0.2, 0) is 48.1 Å². The zero-order valence-electron chi connectivity index (χ0n) is 1.53. The Bertz CT molecular complexity index is 6.00. The van der Waals surface area contributed by atoms with E-state index in [4.69, 9.17) is 0 Å². The fourth-order valence-corrected chi connectivity index (χ4v) is 0. The summed E-state index contributed by atoms with van der Waals surface area (Å²) < 4.78 is 0. The third-order valence-corrected chi connectivity index (χ3v) is 0. The minimum absolute atomic E-state index is 0. The van der Waals surface area contributed by atoms with Crippen molar-refractivity contribution in [3.63, 3.8) is 0 Å². The zero-order valence-corrected chi connectivity index (χ0v) is 5.10. The van der Waals surface area contributed by atoms with Crippen LogP contribution in [0.25, 0.3) is 0 Å². The molecule has 0 aliphatic heterocycles. The molecule has 0 aliphatic rings. The Morgan fingerprint density at radius 2 is 0.750 bits per heavy atom. The first-order valence-electron chi connectivity index (χ1n) is 0. The van der Waals surface area contributed by atoms with Crippen molar-refractivity contribution < 1.29 is 48.1 Å². The number of hydrogen-bond acceptors (Lipinski definition) is 0. The van der Waals surface area contributed by atoms with Crippen molar-refractivity contribution in [2.24, 2.45) is 0 Å². The Morgan fingerprint density at radius 3 is 0.750 bits per heavy atom. The van der Waals surface area contributed by atoms with Crippen LogP contribution in [0.1, 0.15) is 0 Å². The van der Waals surface area contributed by atoms with E-state index in [0.29, 0.717) is 0 Å². The molecule has 4 heteroatoms. The van der Waals surface area contributed by atoms with Gasteiger partial charge in [-0.1, -0.05) is 0 Å². The molecular weight excluding hydrogens is 279 g/mol. The third kappa shape index (κ3) is 11.4. The van der Waals surface area contributed by atoms with Crippen LogP contribution in [0.5, 0.6) is 0 Å². The largest absolute Gasteiger partial charge is 2.00 e. The minimum Gasteiger partial charge on any atom is -2.00 e. The summed E-state index contributed by atoms with van der Waals surface area (Å²) in [5.74, 6) is 0. The Kier molecular flexibility index (Phi) is 590. The predicted octanol–water partition coefficient (Wildman–Crippen LogP) is -0.243. The van der Waals surface area contributed by atoms with E-state index in [-0.39, 0.29) is 48.1 Å². The van der Waals surface area contributed by atoms with E-state index >= 15 is 0 Å². The van der Waals surface area contributed by atoms with Crippen molar-refractivity contribution >= 4 is 0 Å².